The van der Waals surface area contributed by atoms with E-state index in [9.17, 15) is 14.7 Å². The number of aromatic hydroxyl groups is 1. The van der Waals surface area contributed by atoms with Gasteiger partial charge < -0.3 is 19.8 Å². The lowest BCUT2D eigenvalue weighted by Crippen LogP contribution is -2.33. The van der Waals surface area contributed by atoms with E-state index in [0.717, 1.165) is 0 Å². The second-order valence-corrected chi connectivity index (χ2v) is 4.28. The first-order chi connectivity index (χ1) is 8.88. The van der Waals surface area contributed by atoms with Gasteiger partial charge in [0.25, 0.3) is 5.91 Å². The van der Waals surface area contributed by atoms with E-state index >= 15 is 0 Å². The van der Waals surface area contributed by atoms with Gasteiger partial charge in [-0.05, 0) is 12.1 Å². The van der Waals surface area contributed by atoms with E-state index < -0.39 is 17.8 Å². The van der Waals surface area contributed by atoms with E-state index in [1.165, 1.54) is 38.1 Å². The van der Waals surface area contributed by atoms with Crippen molar-refractivity contribution in [3.63, 3.8) is 0 Å². The van der Waals surface area contributed by atoms with Crippen molar-refractivity contribution < 1.29 is 24.5 Å². The van der Waals surface area contributed by atoms with Gasteiger partial charge in [-0.1, -0.05) is 13.0 Å². The smallest absolute Gasteiger partial charge is 0.308 e. The molecule has 19 heavy (non-hydrogen) atoms. The number of carbonyl (C=O) groups is 2. The molecule has 0 fully saturated rings. The Morgan fingerprint density at radius 2 is 2.05 bits per heavy atom. The van der Waals surface area contributed by atoms with Gasteiger partial charge in [-0.3, -0.25) is 9.59 Å². The molecule has 1 aromatic rings. The van der Waals surface area contributed by atoms with Crippen LogP contribution in [0.25, 0.3) is 0 Å². The monoisotopic (exact) mass is 267 g/mol. The zero-order valence-corrected chi connectivity index (χ0v) is 11.1. The molecule has 1 atom stereocenters. The highest BCUT2D eigenvalue weighted by Crippen LogP contribution is 2.30. The number of hydrogen-bond acceptors (Lipinski definition) is 4. The van der Waals surface area contributed by atoms with Gasteiger partial charge in [-0.25, -0.2) is 0 Å². The van der Waals surface area contributed by atoms with Crippen LogP contribution < -0.4 is 4.74 Å². The molecule has 6 nitrogen and oxygen atoms in total. The third kappa shape index (κ3) is 3.37. The van der Waals surface area contributed by atoms with Gasteiger partial charge in [0.1, 0.15) is 0 Å². The van der Waals surface area contributed by atoms with Crippen LogP contribution in [-0.4, -0.2) is 47.7 Å². The second-order valence-electron chi connectivity index (χ2n) is 4.28. The number of carboxylic acids is 1. The summed E-state index contributed by atoms with van der Waals surface area (Å²) in [5, 5.41) is 18.7. The van der Waals surface area contributed by atoms with Crippen LogP contribution in [0.15, 0.2) is 18.2 Å². The number of carbonyl (C=O) groups excluding carboxylic acids is 1. The summed E-state index contributed by atoms with van der Waals surface area (Å²) in [5.41, 5.74) is 0.0828. The summed E-state index contributed by atoms with van der Waals surface area (Å²) in [5.74, 6) is -2.16. The number of amides is 1. The normalized spacial score (nSPS) is 11.7. The molecule has 0 aliphatic carbocycles. The van der Waals surface area contributed by atoms with Crippen LogP contribution in [0.2, 0.25) is 0 Å². The fourth-order valence-electron chi connectivity index (χ4n) is 1.64. The molecule has 0 saturated carbocycles. The largest absolute Gasteiger partial charge is 0.504 e. The molecule has 0 aliphatic heterocycles. The number of aliphatic carboxylic acids is 1. The molecule has 1 rings (SSSR count). The van der Waals surface area contributed by atoms with Crippen LogP contribution >= 0.6 is 0 Å². The molecule has 0 bridgehead atoms. The van der Waals surface area contributed by atoms with Crippen LogP contribution in [-0.2, 0) is 4.79 Å². The number of hydrogen-bond donors (Lipinski definition) is 2. The van der Waals surface area contributed by atoms with E-state index in [4.69, 9.17) is 9.84 Å². The average Bonchev–Trinajstić information content (AvgIpc) is 2.37. The third-order valence-corrected chi connectivity index (χ3v) is 2.77. The van der Waals surface area contributed by atoms with E-state index in [-0.39, 0.29) is 23.6 Å². The Morgan fingerprint density at radius 3 is 2.58 bits per heavy atom. The minimum absolute atomic E-state index is 0.0603. The Balaban J connectivity index is 2.91. The highest BCUT2D eigenvalue weighted by molar-refractivity contribution is 5.97. The highest BCUT2D eigenvalue weighted by atomic mass is 16.5. The lowest BCUT2D eigenvalue weighted by molar-refractivity contribution is -0.141. The van der Waals surface area contributed by atoms with E-state index in [0.29, 0.717) is 0 Å². The van der Waals surface area contributed by atoms with Crippen LogP contribution in [0.1, 0.15) is 17.3 Å². The van der Waals surface area contributed by atoms with Gasteiger partial charge >= 0.3 is 5.97 Å². The number of phenolic OH excluding ortho intramolecular Hbond substituents is 1. The van der Waals surface area contributed by atoms with Crippen molar-refractivity contribution in [3.8, 4) is 11.5 Å². The first kappa shape index (κ1) is 14.8. The molecule has 0 radical (unpaired) electrons. The summed E-state index contributed by atoms with van der Waals surface area (Å²) in [6, 6.07) is 4.58. The number of benzene rings is 1. The highest BCUT2D eigenvalue weighted by Gasteiger charge is 2.21. The number of nitrogens with zero attached hydrogens (tertiary/aromatic N) is 1. The zero-order valence-electron chi connectivity index (χ0n) is 11.1. The molecule has 0 aromatic heterocycles. The van der Waals surface area contributed by atoms with Crippen molar-refractivity contribution in [2.24, 2.45) is 5.92 Å². The summed E-state index contributed by atoms with van der Waals surface area (Å²) in [7, 11) is 2.88. The van der Waals surface area contributed by atoms with E-state index in [2.05, 4.69) is 0 Å². The quantitative estimate of drug-likeness (QED) is 0.836. The molecule has 0 saturated heterocycles. The second kappa shape index (κ2) is 6.08. The topological polar surface area (TPSA) is 87.1 Å². The molecule has 1 unspecified atom stereocenters. The number of para-hydroxylation sites is 1. The first-order valence-corrected chi connectivity index (χ1v) is 5.72. The van der Waals surface area contributed by atoms with Gasteiger partial charge in [-0.15, -0.1) is 0 Å². The summed E-state index contributed by atoms with van der Waals surface area (Å²) >= 11 is 0. The predicted octanol–water partition coefficient (Wildman–Crippen LogP) is 1.19. The van der Waals surface area contributed by atoms with Crippen molar-refractivity contribution in [1.29, 1.82) is 0 Å². The van der Waals surface area contributed by atoms with E-state index in [1.807, 2.05) is 0 Å². The van der Waals surface area contributed by atoms with Gasteiger partial charge in [0.15, 0.2) is 11.5 Å². The van der Waals surface area contributed by atoms with Crippen LogP contribution in [0.5, 0.6) is 11.5 Å². The van der Waals surface area contributed by atoms with E-state index in [1.54, 1.807) is 6.07 Å². The van der Waals surface area contributed by atoms with Crippen molar-refractivity contribution in [3.05, 3.63) is 23.8 Å². The maximum absolute atomic E-state index is 12.1. The lowest BCUT2D eigenvalue weighted by Gasteiger charge is -2.20. The Bertz CT molecular complexity index is 486. The summed E-state index contributed by atoms with van der Waals surface area (Å²) in [4.78, 5) is 24.1. The number of methoxy groups -OCH3 is 1. The van der Waals surface area contributed by atoms with Crippen molar-refractivity contribution >= 4 is 11.9 Å². The molecule has 1 amide bonds. The standard InChI is InChI=1S/C13H17NO5/c1-8(13(17)18)7-14(2)12(16)9-5-4-6-10(19-3)11(9)15/h4-6,8,15H,7H2,1-3H3,(H,17,18). The molecule has 0 spiro atoms. The van der Waals surface area contributed by atoms with Gasteiger partial charge in [0, 0.05) is 13.6 Å². The summed E-state index contributed by atoms with van der Waals surface area (Å²) in [6.07, 6.45) is 0. The summed E-state index contributed by atoms with van der Waals surface area (Å²) in [6.45, 7) is 1.57. The van der Waals surface area contributed by atoms with Crippen molar-refractivity contribution in [1.82, 2.24) is 4.90 Å². The minimum Gasteiger partial charge on any atom is -0.504 e. The fraction of sp³-hybridized carbons (Fsp3) is 0.385. The average molecular weight is 267 g/mol. The molecule has 2 N–H and O–H groups in total. The Morgan fingerprint density at radius 1 is 1.42 bits per heavy atom. The molecule has 104 valence electrons. The maximum atomic E-state index is 12.1. The van der Waals surface area contributed by atoms with Crippen LogP contribution in [0, 0.1) is 5.92 Å². The molecular formula is C13H17NO5. The van der Waals surface area contributed by atoms with Gasteiger partial charge in [-0.2, -0.15) is 0 Å². The Labute approximate surface area is 111 Å². The van der Waals surface area contributed by atoms with Crippen LogP contribution in [0.3, 0.4) is 0 Å². The molecule has 6 heteroatoms. The number of carboxylic acid groups (broad SMARTS) is 1. The SMILES string of the molecule is COc1cccc(C(=O)N(C)CC(C)C(=O)O)c1O. The number of ether oxygens (including phenoxy) is 1. The Kier molecular flexibility index (Phi) is 4.74. The minimum atomic E-state index is -0.977. The van der Waals surface area contributed by atoms with Crippen molar-refractivity contribution in [2.45, 2.75) is 6.92 Å². The van der Waals surface area contributed by atoms with Crippen LogP contribution in [0.4, 0.5) is 0 Å². The maximum Gasteiger partial charge on any atom is 0.308 e. The zero-order chi connectivity index (χ0) is 14.6. The number of rotatable bonds is 5. The number of phenols is 1. The summed E-state index contributed by atoms with van der Waals surface area (Å²) < 4.78 is 4.92. The first-order valence-electron chi connectivity index (χ1n) is 5.72. The van der Waals surface area contributed by atoms with Gasteiger partial charge in [0.2, 0.25) is 0 Å². The van der Waals surface area contributed by atoms with Crippen molar-refractivity contribution in [2.75, 3.05) is 20.7 Å². The van der Waals surface area contributed by atoms with Gasteiger partial charge in [0.05, 0.1) is 18.6 Å². The third-order valence-electron chi connectivity index (χ3n) is 2.77. The molecular weight excluding hydrogens is 250 g/mol. The molecule has 1 aromatic carbocycles. The Hall–Kier alpha value is -2.24. The predicted molar refractivity (Wildman–Crippen MR) is 68.4 cm³/mol. The lowest BCUT2D eigenvalue weighted by atomic mass is 10.1. The molecule has 0 aliphatic rings. The fourth-order valence-corrected chi connectivity index (χ4v) is 1.64. The molecule has 0 heterocycles.